The topological polar surface area (TPSA) is 54.1 Å². The first-order valence-corrected chi connectivity index (χ1v) is 5.82. The predicted octanol–water partition coefficient (Wildman–Crippen LogP) is 2.02. The van der Waals surface area contributed by atoms with E-state index in [4.69, 9.17) is 4.74 Å². The van der Waals surface area contributed by atoms with Crippen molar-refractivity contribution in [3.05, 3.63) is 53.9 Å². The minimum atomic E-state index is -0.126. The van der Waals surface area contributed by atoms with Gasteiger partial charge in [0.1, 0.15) is 5.75 Å². The molecule has 1 amide bonds. The summed E-state index contributed by atoms with van der Waals surface area (Å²) in [5.74, 6) is 0.619. The number of carbonyl (C=O) groups is 1. The zero-order valence-electron chi connectivity index (χ0n) is 10.3. The molecule has 0 bridgehead atoms. The number of rotatable bonds is 5. The lowest BCUT2D eigenvalue weighted by atomic mass is 10.2. The van der Waals surface area contributed by atoms with Crippen molar-refractivity contribution in [2.45, 2.75) is 13.5 Å². The molecule has 18 heavy (non-hydrogen) atoms. The molecule has 0 atom stereocenters. The highest BCUT2D eigenvalue weighted by Gasteiger charge is 2.04. The van der Waals surface area contributed by atoms with Crippen molar-refractivity contribution in [3.8, 4) is 5.75 Å². The fourth-order valence-corrected chi connectivity index (χ4v) is 1.58. The van der Waals surface area contributed by atoms with E-state index in [2.05, 4.69) is 10.3 Å². The van der Waals surface area contributed by atoms with Crippen LogP contribution in [0.1, 0.15) is 11.1 Å². The number of hydrogen-bond acceptors (Lipinski definition) is 2. The van der Waals surface area contributed by atoms with Crippen molar-refractivity contribution in [1.29, 1.82) is 0 Å². The van der Waals surface area contributed by atoms with Gasteiger partial charge in [-0.1, -0.05) is 18.2 Å². The molecular weight excluding hydrogens is 228 g/mol. The number of aromatic amines is 1. The normalized spacial score (nSPS) is 10.1. The van der Waals surface area contributed by atoms with Crippen molar-refractivity contribution in [2.24, 2.45) is 0 Å². The van der Waals surface area contributed by atoms with Crippen molar-refractivity contribution in [3.63, 3.8) is 0 Å². The van der Waals surface area contributed by atoms with Gasteiger partial charge in [-0.05, 0) is 30.2 Å². The third-order valence-corrected chi connectivity index (χ3v) is 2.60. The molecule has 0 aliphatic heterocycles. The number of H-pyrrole nitrogens is 1. The van der Waals surface area contributed by atoms with Gasteiger partial charge in [-0.3, -0.25) is 4.79 Å². The van der Waals surface area contributed by atoms with Crippen LogP contribution < -0.4 is 10.1 Å². The molecule has 1 aromatic carbocycles. The predicted molar refractivity (Wildman–Crippen MR) is 69.3 cm³/mol. The molecule has 0 saturated carbocycles. The molecule has 1 aromatic heterocycles. The van der Waals surface area contributed by atoms with Gasteiger partial charge in [0, 0.05) is 18.9 Å². The molecule has 0 saturated heterocycles. The first-order valence-electron chi connectivity index (χ1n) is 5.82. The van der Waals surface area contributed by atoms with Crippen molar-refractivity contribution < 1.29 is 9.53 Å². The number of benzene rings is 1. The number of nitrogens with one attached hydrogen (secondary N) is 2. The van der Waals surface area contributed by atoms with Gasteiger partial charge in [0.05, 0.1) is 0 Å². The van der Waals surface area contributed by atoms with Crippen LogP contribution in [-0.2, 0) is 11.3 Å². The molecule has 2 N–H and O–H groups in total. The summed E-state index contributed by atoms with van der Waals surface area (Å²) in [5.41, 5.74) is 2.06. The molecule has 0 unspecified atom stereocenters. The molecule has 0 radical (unpaired) electrons. The van der Waals surface area contributed by atoms with E-state index in [-0.39, 0.29) is 12.5 Å². The van der Waals surface area contributed by atoms with E-state index in [0.29, 0.717) is 6.54 Å². The van der Waals surface area contributed by atoms with E-state index in [0.717, 1.165) is 16.9 Å². The van der Waals surface area contributed by atoms with Gasteiger partial charge in [-0.15, -0.1) is 0 Å². The summed E-state index contributed by atoms with van der Waals surface area (Å²) >= 11 is 0. The van der Waals surface area contributed by atoms with Crippen molar-refractivity contribution >= 4 is 5.91 Å². The molecule has 0 aliphatic carbocycles. The van der Waals surface area contributed by atoms with Crippen LogP contribution >= 0.6 is 0 Å². The Balaban J connectivity index is 1.77. The van der Waals surface area contributed by atoms with E-state index in [1.54, 1.807) is 0 Å². The molecule has 4 nitrogen and oxygen atoms in total. The van der Waals surface area contributed by atoms with Crippen LogP contribution in [0.5, 0.6) is 5.75 Å². The van der Waals surface area contributed by atoms with Crippen LogP contribution in [0.25, 0.3) is 0 Å². The fourth-order valence-electron chi connectivity index (χ4n) is 1.58. The highest BCUT2D eigenvalue weighted by atomic mass is 16.5. The number of aromatic nitrogens is 1. The summed E-state index contributed by atoms with van der Waals surface area (Å²) in [5, 5.41) is 2.79. The molecule has 94 valence electrons. The van der Waals surface area contributed by atoms with Gasteiger partial charge < -0.3 is 15.0 Å². The average molecular weight is 244 g/mol. The lowest BCUT2D eigenvalue weighted by Gasteiger charge is -2.08. The monoisotopic (exact) mass is 244 g/mol. The smallest absolute Gasteiger partial charge is 0.258 e. The fraction of sp³-hybridized carbons (Fsp3) is 0.214. The molecule has 0 fully saturated rings. The highest BCUT2D eigenvalue weighted by Crippen LogP contribution is 2.15. The van der Waals surface area contributed by atoms with Crippen LogP contribution in [-0.4, -0.2) is 17.5 Å². The number of hydrogen-bond donors (Lipinski definition) is 2. The number of carbonyl (C=O) groups excluding carboxylic acids is 1. The molecule has 0 spiro atoms. The third kappa shape index (κ3) is 3.38. The zero-order chi connectivity index (χ0) is 12.8. The Labute approximate surface area is 106 Å². The summed E-state index contributed by atoms with van der Waals surface area (Å²) in [7, 11) is 0. The Morgan fingerprint density at radius 1 is 1.33 bits per heavy atom. The minimum absolute atomic E-state index is 0.0370. The van der Waals surface area contributed by atoms with Gasteiger partial charge in [-0.2, -0.15) is 0 Å². The maximum absolute atomic E-state index is 11.6. The maximum atomic E-state index is 11.6. The molecule has 2 aromatic rings. The van der Waals surface area contributed by atoms with Crippen LogP contribution in [0.15, 0.2) is 42.7 Å². The van der Waals surface area contributed by atoms with Crippen LogP contribution in [0, 0.1) is 6.92 Å². The number of para-hydroxylation sites is 1. The summed E-state index contributed by atoms with van der Waals surface area (Å²) in [4.78, 5) is 14.5. The lowest BCUT2D eigenvalue weighted by Crippen LogP contribution is -2.28. The highest BCUT2D eigenvalue weighted by molar-refractivity contribution is 5.77. The number of amides is 1. The molecule has 1 heterocycles. The largest absolute Gasteiger partial charge is 0.484 e. The standard InChI is InChI=1S/C14H16N2O2/c1-11-4-2-3-5-13(11)18-10-14(17)16-9-12-6-7-15-8-12/h2-8,15H,9-10H2,1H3,(H,16,17). The summed E-state index contributed by atoms with van der Waals surface area (Å²) in [6, 6.07) is 9.55. The molecule has 4 heteroatoms. The summed E-state index contributed by atoms with van der Waals surface area (Å²) in [6.07, 6.45) is 3.67. The third-order valence-electron chi connectivity index (χ3n) is 2.60. The van der Waals surface area contributed by atoms with Gasteiger partial charge >= 0.3 is 0 Å². The zero-order valence-corrected chi connectivity index (χ0v) is 10.3. The van der Waals surface area contributed by atoms with Crippen molar-refractivity contribution in [2.75, 3.05) is 6.61 Å². The Bertz CT molecular complexity index is 506. The Hall–Kier alpha value is -2.23. The van der Waals surface area contributed by atoms with Crippen LogP contribution in [0.2, 0.25) is 0 Å². The second kappa shape index (κ2) is 5.91. The van der Waals surface area contributed by atoms with Gasteiger partial charge in [0.15, 0.2) is 6.61 Å². The van der Waals surface area contributed by atoms with E-state index in [1.165, 1.54) is 0 Å². The molecular formula is C14H16N2O2. The lowest BCUT2D eigenvalue weighted by molar-refractivity contribution is -0.123. The van der Waals surface area contributed by atoms with Crippen molar-refractivity contribution in [1.82, 2.24) is 10.3 Å². The quantitative estimate of drug-likeness (QED) is 0.845. The Morgan fingerprint density at radius 2 is 2.17 bits per heavy atom. The first kappa shape index (κ1) is 12.2. The Kier molecular flexibility index (Phi) is 4.02. The second-order valence-electron chi connectivity index (χ2n) is 4.05. The van der Waals surface area contributed by atoms with E-state index in [9.17, 15) is 4.79 Å². The molecule has 0 aliphatic rings. The minimum Gasteiger partial charge on any atom is -0.484 e. The maximum Gasteiger partial charge on any atom is 0.258 e. The SMILES string of the molecule is Cc1ccccc1OCC(=O)NCc1cc[nH]c1. The van der Waals surface area contributed by atoms with E-state index >= 15 is 0 Å². The number of aryl methyl sites for hydroxylation is 1. The Morgan fingerprint density at radius 3 is 2.89 bits per heavy atom. The van der Waals surface area contributed by atoms with Gasteiger partial charge in [-0.25, -0.2) is 0 Å². The molecule has 2 rings (SSSR count). The summed E-state index contributed by atoms with van der Waals surface area (Å²) in [6.45, 7) is 2.50. The van der Waals surface area contributed by atoms with Gasteiger partial charge in [0.25, 0.3) is 5.91 Å². The second-order valence-corrected chi connectivity index (χ2v) is 4.05. The van der Waals surface area contributed by atoms with Crippen LogP contribution in [0.4, 0.5) is 0 Å². The van der Waals surface area contributed by atoms with E-state index < -0.39 is 0 Å². The van der Waals surface area contributed by atoms with E-state index in [1.807, 2.05) is 49.6 Å². The first-order chi connectivity index (χ1) is 8.75. The van der Waals surface area contributed by atoms with Crippen LogP contribution in [0.3, 0.4) is 0 Å². The average Bonchev–Trinajstić information content (AvgIpc) is 2.88. The summed E-state index contributed by atoms with van der Waals surface area (Å²) < 4.78 is 5.45. The van der Waals surface area contributed by atoms with Gasteiger partial charge in [0.2, 0.25) is 0 Å². The number of ether oxygens (including phenoxy) is 1.